The highest BCUT2D eigenvalue weighted by atomic mass is 19.1. The van der Waals surface area contributed by atoms with E-state index in [1.807, 2.05) is 111 Å². The van der Waals surface area contributed by atoms with Gasteiger partial charge in [0.25, 0.3) is 0 Å². The van der Waals surface area contributed by atoms with Crippen molar-refractivity contribution in [1.82, 2.24) is 25.4 Å². The van der Waals surface area contributed by atoms with Crippen LogP contribution in [0.25, 0.3) is 0 Å². The minimum atomic E-state index is -1.31. The van der Waals surface area contributed by atoms with Gasteiger partial charge >= 0.3 is 0 Å². The summed E-state index contributed by atoms with van der Waals surface area (Å²) in [6.45, 7) is 5.88. The molecule has 12 heteroatoms. The minimum absolute atomic E-state index is 0.124. The number of aliphatic hydroxyl groups is 1. The lowest BCUT2D eigenvalue weighted by Crippen LogP contribution is -2.61. The Hall–Kier alpha value is -5.98. The number of nitrogens with one attached hydrogen (secondary N) is 2. The van der Waals surface area contributed by atoms with Crippen LogP contribution in [0.4, 0.5) is 8.78 Å². The Morgan fingerprint density at radius 3 is 2.10 bits per heavy atom. The number of rotatable bonds is 18. The predicted octanol–water partition coefficient (Wildman–Crippen LogP) is 7.21. The van der Waals surface area contributed by atoms with E-state index in [2.05, 4.69) is 20.5 Å². The van der Waals surface area contributed by atoms with E-state index < -0.39 is 53.4 Å². The molecule has 5 aromatic rings. The van der Waals surface area contributed by atoms with Crippen molar-refractivity contribution < 1.29 is 33.0 Å². The van der Waals surface area contributed by atoms with Crippen LogP contribution in [0.15, 0.2) is 134 Å². The molecule has 0 radical (unpaired) electrons. The number of benzene rings is 4. The summed E-state index contributed by atoms with van der Waals surface area (Å²) in [6.07, 6.45) is 1.76. The predicted molar refractivity (Wildman–Crippen MR) is 237 cm³/mol. The molecule has 2 aliphatic heterocycles. The standard InChI is InChI=1S/C51H57F2N5O5/c1-4-34(2)51(56-35(3)59)25-27-57(50(51)62)44(24-23-36-16-8-5-9-17-36)49(61)55-43(30-37-28-40(52)31-41(53)29-37)48(60)45-32-42(63-46-22-14-15-26-54-46)33-58(45)47(38-18-10-6-11-19-38)39-20-12-7-13-21-39/h5-22,26,28-29,31,34,42-45,47-48,60H,4,23-25,27,30,32-33H2,1-3H3,(H,55,61)(H,56,59)/t34-,42-,43+,44?,45-,48+,51?/m1/s1. The van der Waals surface area contributed by atoms with Crippen molar-refractivity contribution >= 4 is 17.7 Å². The number of nitrogens with zero attached hydrogens (tertiary/aromatic N) is 3. The number of hydrogen-bond donors (Lipinski definition) is 3. The molecule has 3 amide bonds. The van der Waals surface area contributed by atoms with Crippen LogP contribution in [0.5, 0.6) is 5.88 Å². The SMILES string of the molecule is CC[C@@H](C)C1(NC(C)=O)CCN(C(CCc2ccccc2)C(=O)N[C@@H](Cc2cc(F)cc(F)c2)[C@H](O)[C@H]2C[C@@H](Oc3ccccn3)CN2C(c2ccccc2)c2ccccc2)C1=O. The number of carbonyl (C=O) groups excluding carboxylic acids is 3. The average molecular weight is 858 g/mol. The second kappa shape index (κ2) is 20.5. The number of pyridine rings is 1. The van der Waals surface area contributed by atoms with Crippen molar-refractivity contribution in [3.63, 3.8) is 0 Å². The molecule has 7 rings (SSSR count). The third-order valence-corrected chi connectivity index (χ3v) is 12.8. The van der Waals surface area contributed by atoms with Gasteiger partial charge in [-0.25, -0.2) is 13.8 Å². The minimum Gasteiger partial charge on any atom is -0.473 e. The maximum absolute atomic E-state index is 15.1. The summed E-state index contributed by atoms with van der Waals surface area (Å²) in [7, 11) is 0. The summed E-state index contributed by atoms with van der Waals surface area (Å²) in [5.74, 6) is -2.55. The molecule has 2 aliphatic rings. The van der Waals surface area contributed by atoms with Gasteiger partial charge in [-0.3, -0.25) is 19.3 Å². The van der Waals surface area contributed by atoms with Crippen molar-refractivity contribution in [2.75, 3.05) is 13.1 Å². The van der Waals surface area contributed by atoms with Crippen molar-refractivity contribution in [3.8, 4) is 5.88 Å². The molecule has 330 valence electrons. The summed E-state index contributed by atoms with van der Waals surface area (Å²) in [4.78, 5) is 50.5. The Morgan fingerprint density at radius 1 is 0.889 bits per heavy atom. The van der Waals surface area contributed by atoms with Crippen LogP contribution < -0.4 is 15.4 Å². The van der Waals surface area contributed by atoms with Crippen LogP contribution in [0, 0.1) is 17.6 Å². The fourth-order valence-corrected chi connectivity index (χ4v) is 9.58. The van der Waals surface area contributed by atoms with Crippen LogP contribution in [-0.2, 0) is 27.2 Å². The molecule has 63 heavy (non-hydrogen) atoms. The molecular weight excluding hydrogens is 801 g/mol. The van der Waals surface area contributed by atoms with Crippen molar-refractivity contribution in [1.29, 1.82) is 0 Å². The fourth-order valence-electron chi connectivity index (χ4n) is 9.58. The quantitative estimate of drug-likeness (QED) is 0.0852. The van der Waals surface area contributed by atoms with Crippen molar-refractivity contribution in [2.24, 2.45) is 5.92 Å². The maximum atomic E-state index is 15.1. The summed E-state index contributed by atoms with van der Waals surface area (Å²) >= 11 is 0. The van der Waals surface area contributed by atoms with E-state index in [1.54, 1.807) is 23.2 Å². The van der Waals surface area contributed by atoms with Gasteiger partial charge in [0.15, 0.2) is 0 Å². The van der Waals surface area contributed by atoms with Gasteiger partial charge in [0.1, 0.15) is 29.3 Å². The molecule has 0 bridgehead atoms. The number of halogens is 2. The first-order chi connectivity index (χ1) is 30.4. The zero-order valence-corrected chi connectivity index (χ0v) is 36.1. The van der Waals surface area contributed by atoms with E-state index in [0.29, 0.717) is 38.1 Å². The normalized spacial score (nSPS) is 20.9. The number of ether oxygens (including phenoxy) is 1. The molecule has 0 spiro atoms. The van der Waals surface area contributed by atoms with Crippen molar-refractivity contribution in [2.45, 2.75) is 101 Å². The fraction of sp³-hybridized carbons (Fsp3) is 0.373. The Morgan fingerprint density at radius 2 is 1.51 bits per heavy atom. The van der Waals surface area contributed by atoms with Gasteiger partial charge in [0.05, 0.1) is 18.2 Å². The largest absolute Gasteiger partial charge is 0.473 e. The smallest absolute Gasteiger partial charge is 0.249 e. The third kappa shape index (κ3) is 10.6. The summed E-state index contributed by atoms with van der Waals surface area (Å²) in [5.41, 5.74) is 1.97. The van der Waals surface area contributed by atoms with E-state index in [9.17, 15) is 23.5 Å². The van der Waals surface area contributed by atoms with Crippen LogP contribution in [0.1, 0.15) is 74.8 Å². The van der Waals surface area contributed by atoms with Crippen LogP contribution in [0.2, 0.25) is 0 Å². The number of aliphatic hydroxyl groups excluding tert-OH is 1. The number of likely N-dealkylation sites (tertiary alicyclic amines) is 2. The average Bonchev–Trinajstić information content (AvgIpc) is 3.84. The van der Waals surface area contributed by atoms with E-state index in [1.165, 1.54) is 19.1 Å². The van der Waals surface area contributed by atoms with Gasteiger partial charge in [0, 0.05) is 50.8 Å². The third-order valence-electron chi connectivity index (χ3n) is 12.8. The van der Waals surface area contributed by atoms with E-state index in [4.69, 9.17) is 4.74 Å². The summed E-state index contributed by atoms with van der Waals surface area (Å²) in [6, 6.07) is 35.1. The first-order valence-corrected chi connectivity index (χ1v) is 22.0. The van der Waals surface area contributed by atoms with Gasteiger partial charge in [-0.05, 0) is 72.1 Å². The Kier molecular flexibility index (Phi) is 14.6. The number of amides is 3. The van der Waals surface area contributed by atoms with Gasteiger partial charge < -0.3 is 25.4 Å². The number of carbonyl (C=O) groups is 3. The topological polar surface area (TPSA) is 124 Å². The molecule has 1 aromatic heterocycles. The lowest BCUT2D eigenvalue weighted by Gasteiger charge is -2.39. The van der Waals surface area contributed by atoms with Crippen LogP contribution in [0.3, 0.4) is 0 Å². The molecule has 0 saturated carbocycles. The first kappa shape index (κ1) is 45.1. The summed E-state index contributed by atoms with van der Waals surface area (Å²) in [5, 5.41) is 19.0. The second-order valence-electron chi connectivity index (χ2n) is 17.0. The molecule has 10 nitrogen and oxygen atoms in total. The van der Waals surface area contributed by atoms with Crippen molar-refractivity contribution in [3.05, 3.63) is 167 Å². The lowest BCUT2D eigenvalue weighted by molar-refractivity contribution is -0.144. The Balaban J connectivity index is 1.27. The van der Waals surface area contributed by atoms with E-state index >= 15 is 4.79 Å². The highest BCUT2D eigenvalue weighted by Crippen LogP contribution is 2.39. The molecule has 0 aliphatic carbocycles. The van der Waals surface area contributed by atoms with E-state index in [-0.39, 0.29) is 48.7 Å². The Labute approximate surface area is 368 Å². The maximum Gasteiger partial charge on any atom is 0.249 e. The first-order valence-electron chi connectivity index (χ1n) is 22.0. The van der Waals surface area contributed by atoms with Gasteiger partial charge in [-0.1, -0.05) is 117 Å². The van der Waals surface area contributed by atoms with Gasteiger partial charge in [-0.15, -0.1) is 0 Å². The molecule has 4 aromatic carbocycles. The molecule has 7 atom stereocenters. The Bertz CT molecular complexity index is 2230. The van der Waals surface area contributed by atoms with Crippen LogP contribution >= 0.6 is 0 Å². The zero-order valence-electron chi connectivity index (χ0n) is 36.1. The highest BCUT2D eigenvalue weighted by molar-refractivity contribution is 5.96. The summed E-state index contributed by atoms with van der Waals surface area (Å²) < 4.78 is 36.2. The zero-order chi connectivity index (χ0) is 44.5. The molecular formula is C51H57F2N5O5. The van der Waals surface area contributed by atoms with Gasteiger partial charge in [-0.2, -0.15) is 0 Å². The molecule has 2 fully saturated rings. The van der Waals surface area contributed by atoms with E-state index in [0.717, 1.165) is 22.8 Å². The van der Waals surface area contributed by atoms with Crippen LogP contribution in [-0.4, -0.2) is 86.6 Å². The number of aryl methyl sites for hydroxylation is 1. The molecule has 3 N–H and O–H groups in total. The second-order valence-corrected chi connectivity index (χ2v) is 17.0. The molecule has 3 heterocycles. The number of hydrogen-bond acceptors (Lipinski definition) is 7. The highest BCUT2D eigenvalue weighted by Gasteiger charge is 2.53. The van der Waals surface area contributed by atoms with Gasteiger partial charge in [0.2, 0.25) is 23.6 Å². The lowest BCUT2D eigenvalue weighted by atomic mass is 9.81. The molecule has 2 unspecified atom stereocenters. The molecule has 2 saturated heterocycles. The monoisotopic (exact) mass is 857 g/mol. The number of aromatic nitrogens is 1.